The van der Waals surface area contributed by atoms with Gasteiger partial charge in [0.2, 0.25) is 0 Å². The van der Waals surface area contributed by atoms with E-state index in [0.717, 1.165) is 44.4 Å². The van der Waals surface area contributed by atoms with Gasteiger partial charge < -0.3 is 20.1 Å². The molecule has 0 aromatic heterocycles. The fourth-order valence-corrected chi connectivity index (χ4v) is 4.02. The second kappa shape index (κ2) is 7.62. The van der Waals surface area contributed by atoms with Crippen LogP contribution in [0, 0.1) is 0 Å². The zero-order chi connectivity index (χ0) is 17.1. The molecule has 3 atom stereocenters. The first-order valence-electron chi connectivity index (χ1n) is 9.36. The van der Waals surface area contributed by atoms with Crippen LogP contribution in [0.5, 0.6) is 5.75 Å². The standard InChI is InChI=1S/C19H28N4O2/c1-20-19(21-10-16-9-14-5-2-3-7-18(14)25-16)22-11-17-12-23-8-4-6-15(23)13-24-17/h2-3,5,7,15-17H,4,6,8-13H2,1H3,(H2,20,21,22). The minimum absolute atomic E-state index is 0.159. The topological polar surface area (TPSA) is 58.1 Å². The quantitative estimate of drug-likeness (QED) is 0.631. The Morgan fingerprint density at radius 3 is 2.92 bits per heavy atom. The Morgan fingerprint density at radius 2 is 2.08 bits per heavy atom. The van der Waals surface area contributed by atoms with Crippen LogP contribution in [0.25, 0.3) is 0 Å². The molecule has 3 aliphatic rings. The van der Waals surface area contributed by atoms with Crippen LogP contribution in [-0.2, 0) is 11.2 Å². The van der Waals surface area contributed by atoms with Crippen LogP contribution in [0.2, 0.25) is 0 Å². The van der Waals surface area contributed by atoms with Gasteiger partial charge in [0, 0.05) is 32.6 Å². The number of guanidine groups is 1. The average molecular weight is 344 g/mol. The molecule has 0 amide bonds. The van der Waals surface area contributed by atoms with Gasteiger partial charge in [0.05, 0.1) is 19.3 Å². The van der Waals surface area contributed by atoms with Gasteiger partial charge in [0.15, 0.2) is 5.96 Å². The van der Waals surface area contributed by atoms with E-state index in [1.165, 1.54) is 24.9 Å². The van der Waals surface area contributed by atoms with Crippen molar-refractivity contribution in [3.63, 3.8) is 0 Å². The number of benzene rings is 1. The van der Waals surface area contributed by atoms with E-state index in [-0.39, 0.29) is 12.2 Å². The van der Waals surface area contributed by atoms with Gasteiger partial charge in [-0.3, -0.25) is 9.89 Å². The van der Waals surface area contributed by atoms with Gasteiger partial charge in [-0.15, -0.1) is 0 Å². The Labute approximate surface area is 149 Å². The lowest BCUT2D eigenvalue weighted by molar-refractivity contribution is -0.0453. The minimum Gasteiger partial charge on any atom is -0.488 e. The molecule has 136 valence electrons. The largest absolute Gasteiger partial charge is 0.488 e. The van der Waals surface area contributed by atoms with E-state index < -0.39 is 0 Å². The SMILES string of the molecule is CN=C(NCC1CN2CCCC2CO1)NCC1Cc2ccccc2O1. The summed E-state index contributed by atoms with van der Waals surface area (Å²) in [6.45, 7) is 4.64. The molecule has 4 rings (SSSR count). The second-order valence-corrected chi connectivity index (χ2v) is 7.13. The van der Waals surface area contributed by atoms with Crippen molar-refractivity contribution in [2.75, 3.05) is 39.8 Å². The summed E-state index contributed by atoms with van der Waals surface area (Å²) in [6.07, 6.45) is 3.93. The predicted octanol–water partition coefficient (Wildman–Crippen LogP) is 1.02. The summed E-state index contributed by atoms with van der Waals surface area (Å²) in [5.74, 6) is 1.82. The Kier molecular flexibility index (Phi) is 5.08. The van der Waals surface area contributed by atoms with Crippen molar-refractivity contribution in [3.05, 3.63) is 29.8 Å². The first-order valence-corrected chi connectivity index (χ1v) is 9.36. The van der Waals surface area contributed by atoms with Crippen LogP contribution >= 0.6 is 0 Å². The summed E-state index contributed by atoms with van der Waals surface area (Å²) in [7, 11) is 1.80. The molecule has 0 aliphatic carbocycles. The number of morpholine rings is 1. The molecular formula is C19H28N4O2. The second-order valence-electron chi connectivity index (χ2n) is 7.13. The molecule has 3 heterocycles. The van der Waals surface area contributed by atoms with Gasteiger partial charge in [-0.2, -0.15) is 0 Å². The Bertz CT molecular complexity index is 596. The number of fused-ring (bicyclic) bond motifs is 2. The lowest BCUT2D eigenvalue weighted by atomic mass is 10.1. The molecule has 6 heteroatoms. The number of nitrogens with zero attached hydrogens (tertiary/aromatic N) is 2. The number of ether oxygens (including phenoxy) is 2. The van der Waals surface area contributed by atoms with Crippen molar-refractivity contribution < 1.29 is 9.47 Å². The molecule has 2 fully saturated rings. The highest BCUT2D eigenvalue weighted by Gasteiger charge is 2.32. The molecule has 1 aromatic carbocycles. The monoisotopic (exact) mass is 344 g/mol. The molecule has 0 saturated carbocycles. The number of aliphatic imine (C=N–C) groups is 1. The smallest absolute Gasteiger partial charge is 0.191 e. The van der Waals surface area contributed by atoms with Gasteiger partial charge >= 0.3 is 0 Å². The molecule has 2 N–H and O–H groups in total. The zero-order valence-corrected chi connectivity index (χ0v) is 14.9. The highest BCUT2D eigenvalue weighted by Crippen LogP contribution is 2.27. The number of hydrogen-bond acceptors (Lipinski definition) is 4. The normalized spacial score (nSPS) is 29.0. The number of nitrogens with one attached hydrogen (secondary N) is 2. The van der Waals surface area contributed by atoms with Gasteiger partial charge in [0.1, 0.15) is 11.9 Å². The highest BCUT2D eigenvalue weighted by atomic mass is 16.5. The Morgan fingerprint density at radius 1 is 1.24 bits per heavy atom. The fraction of sp³-hybridized carbons (Fsp3) is 0.632. The van der Waals surface area contributed by atoms with E-state index in [1.807, 2.05) is 12.1 Å². The van der Waals surface area contributed by atoms with Gasteiger partial charge in [-0.1, -0.05) is 18.2 Å². The van der Waals surface area contributed by atoms with Crippen LogP contribution in [-0.4, -0.2) is 68.9 Å². The van der Waals surface area contributed by atoms with E-state index >= 15 is 0 Å². The summed E-state index contributed by atoms with van der Waals surface area (Å²) >= 11 is 0. The first-order chi connectivity index (χ1) is 12.3. The third-order valence-electron chi connectivity index (χ3n) is 5.39. The summed E-state index contributed by atoms with van der Waals surface area (Å²) in [5, 5.41) is 6.77. The van der Waals surface area contributed by atoms with Crippen LogP contribution < -0.4 is 15.4 Å². The van der Waals surface area contributed by atoms with Gasteiger partial charge in [0.25, 0.3) is 0 Å². The van der Waals surface area contributed by atoms with Crippen molar-refractivity contribution in [2.45, 2.75) is 37.5 Å². The van der Waals surface area contributed by atoms with Crippen LogP contribution in [0.3, 0.4) is 0 Å². The molecule has 1 aromatic rings. The molecular weight excluding hydrogens is 316 g/mol. The maximum absolute atomic E-state index is 6.00. The highest BCUT2D eigenvalue weighted by molar-refractivity contribution is 5.79. The maximum Gasteiger partial charge on any atom is 0.191 e. The molecule has 0 bridgehead atoms. The van der Waals surface area contributed by atoms with Crippen molar-refractivity contribution in [2.24, 2.45) is 4.99 Å². The van der Waals surface area contributed by atoms with Gasteiger partial charge in [-0.05, 0) is 31.0 Å². The maximum atomic E-state index is 6.00. The van der Waals surface area contributed by atoms with Crippen LogP contribution in [0.4, 0.5) is 0 Å². The van der Waals surface area contributed by atoms with E-state index in [2.05, 4.69) is 32.7 Å². The van der Waals surface area contributed by atoms with Crippen molar-refractivity contribution in [3.8, 4) is 5.75 Å². The molecule has 3 unspecified atom stereocenters. The molecule has 25 heavy (non-hydrogen) atoms. The Hall–Kier alpha value is -1.79. The van der Waals surface area contributed by atoms with Crippen molar-refractivity contribution in [1.82, 2.24) is 15.5 Å². The minimum atomic E-state index is 0.159. The van der Waals surface area contributed by atoms with E-state index in [9.17, 15) is 0 Å². The van der Waals surface area contributed by atoms with E-state index in [1.54, 1.807) is 7.05 Å². The average Bonchev–Trinajstić information content (AvgIpc) is 3.27. The molecule has 2 saturated heterocycles. The third kappa shape index (κ3) is 3.90. The predicted molar refractivity (Wildman–Crippen MR) is 98.3 cm³/mol. The lowest BCUT2D eigenvalue weighted by Gasteiger charge is -2.35. The van der Waals surface area contributed by atoms with Crippen molar-refractivity contribution >= 4 is 5.96 Å². The van der Waals surface area contributed by atoms with E-state index in [4.69, 9.17) is 9.47 Å². The Balaban J connectivity index is 1.20. The third-order valence-corrected chi connectivity index (χ3v) is 5.39. The van der Waals surface area contributed by atoms with Gasteiger partial charge in [-0.25, -0.2) is 0 Å². The number of hydrogen-bond donors (Lipinski definition) is 2. The summed E-state index contributed by atoms with van der Waals surface area (Å²) in [4.78, 5) is 6.88. The molecule has 3 aliphatic heterocycles. The number of para-hydroxylation sites is 1. The summed E-state index contributed by atoms with van der Waals surface area (Å²) in [6, 6.07) is 8.90. The molecule has 6 nitrogen and oxygen atoms in total. The fourth-order valence-electron chi connectivity index (χ4n) is 4.02. The van der Waals surface area contributed by atoms with E-state index in [0.29, 0.717) is 6.04 Å². The van der Waals surface area contributed by atoms with Crippen molar-refractivity contribution in [1.29, 1.82) is 0 Å². The van der Waals surface area contributed by atoms with Crippen LogP contribution in [0.1, 0.15) is 18.4 Å². The molecule has 0 spiro atoms. The van der Waals surface area contributed by atoms with Crippen LogP contribution in [0.15, 0.2) is 29.3 Å². The lowest BCUT2D eigenvalue weighted by Crippen LogP contribution is -2.52. The first kappa shape index (κ1) is 16.7. The summed E-state index contributed by atoms with van der Waals surface area (Å²) < 4.78 is 12.0. The molecule has 0 radical (unpaired) electrons. The zero-order valence-electron chi connectivity index (χ0n) is 14.9. The summed E-state index contributed by atoms with van der Waals surface area (Å²) in [5.41, 5.74) is 1.29. The number of rotatable bonds is 4.